The van der Waals surface area contributed by atoms with Gasteiger partial charge in [0.2, 0.25) is 0 Å². The van der Waals surface area contributed by atoms with Crippen molar-refractivity contribution >= 4 is 13.7 Å². The maximum atomic E-state index is 7.33. The fraction of sp³-hybridized carbons (Fsp3) is 0.471. The van der Waals surface area contributed by atoms with Gasteiger partial charge in [0.15, 0.2) is 0 Å². The van der Waals surface area contributed by atoms with E-state index in [2.05, 4.69) is 62.9 Å². The van der Waals surface area contributed by atoms with Crippen molar-refractivity contribution < 1.29 is 13.6 Å². The molecule has 0 unspecified atom stereocenters. The average Bonchev–Trinajstić information content (AvgIpc) is 2.96. The minimum atomic E-state index is -2.87. The van der Waals surface area contributed by atoms with Crippen LogP contribution in [0, 0.1) is 13.8 Å². The summed E-state index contributed by atoms with van der Waals surface area (Å²) in [5.41, 5.74) is 7.74. The lowest BCUT2D eigenvalue weighted by molar-refractivity contribution is 0.358. The van der Waals surface area contributed by atoms with Gasteiger partial charge < -0.3 is 13.6 Å². The van der Waals surface area contributed by atoms with Gasteiger partial charge in [0.1, 0.15) is 23.0 Å². The van der Waals surface area contributed by atoms with Crippen molar-refractivity contribution in [3.63, 3.8) is 0 Å². The van der Waals surface area contributed by atoms with Crippen molar-refractivity contribution in [2.45, 2.75) is 103 Å². The highest BCUT2D eigenvalue weighted by Gasteiger charge is 2.46. The topological polar surface area (TPSA) is 27.7 Å². The molecule has 7 rings (SSSR count). The van der Waals surface area contributed by atoms with Gasteiger partial charge in [-0.15, -0.1) is 0 Å². The van der Waals surface area contributed by atoms with Gasteiger partial charge in [0.25, 0.3) is 0 Å². The van der Waals surface area contributed by atoms with Crippen molar-refractivity contribution in [1.82, 2.24) is 0 Å². The Kier molecular flexibility index (Phi) is 6.07. The van der Waals surface area contributed by atoms with E-state index in [-0.39, 0.29) is 0 Å². The van der Waals surface area contributed by atoms with Crippen LogP contribution in [-0.2, 0) is 6.42 Å². The molecule has 3 nitrogen and oxygen atoms in total. The molecular weight excluding hydrogens is 484 g/mol. The second-order valence-electron chi connectivity index (χ2n) is 12.3. The molecule has 0 spiro atoms. The lowest BCUT2D eigenvalue weighted by atomic mass is 9.79. The van der Waals surface area contributed by atoms with Gasteiger partial charge in [-0.05, 0) is 85.8 Å². The zero-order chi connectivity index (χ0) is 25.9. The van der Waals surface area contributed by atoms with Crippen LogP contribution >= 0.6 is 0 Å². The second-order valence-corrected chi connectivity index (χ2v) is 15.2. The summed E-state index contributed by atoms with van der Waals surface area (Å²) >= 11 is 0. The Morgan fingerprint density at radius 3 is 1.58 bits per heavy atom. The van der Waals surface area contributed by atoms with Crippen molar-refractivity contribution in [1.29, 1.82) is 0 Å². The predicted molar refractivity (Wildman–Crippen MR) is 156 cm³/mol. The van der Waals surface area contributed by atoms with Crippen LogP contribution in [-0.4, -0.2) is 8.56 Å². The molecule has 0 saturated heterocycles. The highest BCUT2D eigenvalue weighted by atomic mass is 28.4. The van der Waals surface area contributed by atoms with Crippen LogP contribution in [0.25, 0.3) is 0 Å². The average molecular weight is 525 g/mol. The predicted octanol–water partition coefficient (Wildman–Crippen LogP) is 8.85. The molecule has 0 amide bonds. The Morgan fingerprint density at radius 2 is 1.11 bits per heavy atom. The van der Waals surface area contributed by atoms with E-state index in [4.69, 9.17) is 13.6 Å². The van der Waals surface area contributed by atoms with Crippen LogP contribution in [0.3, 0.4) is 0 Å². The molecule has 2 heterocycles. The van der Waals surface area contributed by atoms with Gasteiger partial charge in [-0.3, -0.25) is 0 Å². The van der Waals surface area contributed by atoms with Gasteiger partial charge >= 0.3 is 8.56 Å². The summed E-state index contributed by atoms with van der Waals surface area (Å²) in [6.45, 7) is 6.71. The number of hydrogen-bond donors (Lipinski definition) is 0. The number of hydrogen-bond acceptors (Lipinski definition) is 3. The third-order valence-corrected chi connectivity index (χ3v) is 12.2. The van der Waals surface area contributed by atoms with E-state index in [0.29, 0.717) is 11.8 Å². The first kappa shape index (κ1) is 24.3. The van der Waals surface area contributed by atoms with Crippen LogP contribution in [0.4, 0.5) is 0 Å². The molecule has 3 aromatic rings. The van der Waals surface area contributed by atoms with Crippen LogP contribution in [0.2, 0.25) is 6.55 Å². The zero-order valence-corrected chi connectivity index (χ0v) is 24.2. The Hall–Kier alpha value is -2.72. The molecule has 0 aromatic heterocycles. The molecule has 2 bridgehead atoms. The molecule has 2 aliphatic carbocycles. The Labute approximate surface area is 228 Å². The third-order valence-electron chi connectivity index (χ3n) is 9.62. The number of rotatable bonds is 3. The van der Waals surface area contributed by atoms with E-state index < -0.39 is 8.56 Å². The summed E-state index contributed by atoms with van der Waals surface area (Å²) in [5, 5.41) is 1.19. The number of benzene rings is 3. The smallest absolute Gasteiger partial charge is 0.492 e. The minimum Gasteiger partial charge on any atom is -0.508 e. The molecule has 2 aliphatic heterocycles. The Morgan fingerprint density at radius 1 is 0.632 bits per heavy atom. The van der Waals surface area contributed by atoms with Crippen molar-refractivity contribution in [2.75, 3.05) is 0 Å². The summed E-state index contributed by atoms with van der Waals surface area (Å²) in [5.74, 6) is 5.25. The molecule has 2 fully saturated rings. The Balaban J connectivity index is 1.48. The van der Waals surface area contributed by atoms with Gasteiger partial charge in [-0.2, -0.15) is 0 Å². The second kappa shape index (κ2) is 9.48. The molecule has 0 atom stereocenters. The van der Waals surface area contributed by atoms with Crippen molar-refractivity contribution in [3.8, 4) is 23.0 Å². The van der Waals surface area contributed by atoms with E-state index in [0.717, 1.165) is 29.4 Å². The van der Waals surface area contributed by atoms with Crippen molar-refractivity contribution in [3.05, 3.63) is 75.8 Å². The maximum Gasteiger partial charge on any atom is 0.492 e. The summed E-state index contributed by atoms with van der Waals surface area (Å²) in [6, 6.07) is 15.5. The van der Waals surface area contributed by atoms with Gasteiger partial charge in [-0.1, -0.05) is 68.9 Å². The lowest BCUT2D eigenvalue weighted by Crippen LogP contribution is -2.57. The van der Waals surface area contributed by atoms with Crippen LogP contribution in [0.1, 0.15) is 109 Å². The highest BCUT2D eigenvalue weighted by molar-refractivity contribution is 6.81. The molecule has 0 radical (unpaired) electrons. The fourth-order valence-electron chi connectivity index (χ4n) is 7.59. The maximum absolute atomic E-state index is 7.33. The minimum absolute atomic E-state index is 0.548. The summed E-state index contributed by atoms with van der Waals surface area (Å²) in [4.78, 5) is 0. The molecule has 38 heavy (non-hydrogen) atoms. The lowest BCUT2D eigenvalue weighted by Gasteiger charge is -2.40. The normalized spacial score (nSPS) is 20.5. The van der Waals surface area contributed by atoms with Crippen LogP contribution in [0.5, 0.6) is 23.0 Å². The van der Waals surface area contributed by atoms with E-state index in [1.807, 2.05) is 0 Å². The van der Waals surface area contributed by atoms with E-state index >= 15 is 0 Å². The summed E-state index contributed by atoms with van der Waals surface area (Å²) < 4.78 is 21.5. The Bertz CT molecular complexity index is 1290. The SMILES string of the molecule is Cc1cc(C2CCCCC2)c2c3c1Oc1c(C)cc(C4CCCCC4)c(c1C3)O[Si](C)(c1ccccc1)O2. The highest BCUT2D eigenvalue weighted by Crippen LogP contribution is 2.55. The standard InChI is InChI=1S/C34H40O3Si/c1-22-19-27(24-13-7-4-8-14-24)33-29-21-30-32(35-31(22)29)23(2)20-28(25-15-9-5-10-16-25)34(30)37-38(3,36-33)26-17-11-6-12-18-26/h6,11-12,17-20,24-25H,4-5,7-10,13-16,21H2,1-3H3. The molecule has 198 valence electrons. The van der Waals surface area contributed by atoms with E-state index in [1.54, 1.807) is 0 Å². The fourth-order valence-corrected chi connectivity index (χ4v) is 9.92. The molecule has 4 aliphatic rings. The zero-order valence-electron chi connectivity index (χ0n) is 23.2. The van der Waals surface area contributed by atoms with E-state index in [9.17, 15) is 0 Å². The number of ether oxygens (including phenoxy) is 1. The number of aryl methyl sites for hydroxylation is 2. The molecular formula is C34H40O3Si. The van der Waals surface area contributed by atoms with Crippen LogP contribution in [0.15, 0.2) is 42.5 Å². The monoisotopic (exact) mass is 524 g/mol. The molecule has 3 aromatic carbocycles. The van der Waals surface area contributed by atoms with E-state index in [1.165, 1.54) is 103 Å². The van der Waals surface area contributed by atoms with Crippen molar-refractivity contribution in [2.24, 2.45) is 0 Å². The first-order valence-corrected chi connectivity index (χ1v) is 17.3. The van der Waals surface area contributed by atoms with Gasteiger partial charge in [-0.25, -0.2) is 0 Å². The molecule has 2 saturated carbocycles. The quantitative estimate of drug-likeness (QED) is 0.251. The first-order valence-electron chi connectivity index (χ1n) is 15.0. The van der Waals surface area contributed by atoms with Gasteiger partial charge in [0.05, 0.1) is 0 Å². The van der Waals surface area contributed by atoms with Crippen LogP contribution < -0.4 is 18.8 Å². The molecule has 0 N–H and O–H groups in total. The molecule has 4 heteroatoms. The first-order chi connectivity index (χ1) is 18.5. The van der Waals surface area contributed by atoms with Gasteiger partial charge in [0, 0.05) is 29.3 Å². The largest absolute Gasteiger partial charge is 0.508 e. The third kappa shape index (κ3) is 3.98. The summed E-state index contributed by atoms with van der Waals surface area (Å²) in [7, 11) is -2.87. The summed E-state index contributed by atoms with van der Waals surface area (Å²) in [6.07, 6.45) is 13.7.